The van der Waals surface area contributed by atoms with E-state index in [2.05, 4.69) is 24.2 Å². The Morgan fingerprint density at radius 2 is 2.38 bits per heavy atom. The van der Waals surface area contributed by atoms with E-state index in [4.69, 9.17) is 5.26 Å². The van der Waals surface area contributed by atoms with Gasteiger partial charge in [-0.3, -0.25) is 10.3 Å². The minimum atomic E-state index is 0.309. The number of nitriles is 1. The smallest absolute Gasteiger partial charge is 0.183 e. The third-order valence-electron chi connectivity index (χ3n) is 1.67. The quantitative estimate of drug-likeness (QED) is 0.327. The Hall–Kier alpha value is -0.690. The number of hydrogen-bond donors (Lipinski definition) is 1. The summed E-state index contributed by atoms with van der Waals surface area (Å²) >= 11 is 1.47. The number of thioether (sulfide) groups is 1. The fraction of sp³-hybridized carbons (Fsp3) is 0.778. The Labute approximate surface area is 84.6 Å². The Balaban J connectivity index is 3.93. The number of amidine groups is 1. The third kappa shape index (κ3) is 6.47. The van der Waals surface area contributed by atoms with Crippen molar-refractivity contribution < 1.29 is 0 Å². The van der Waals surface area contributed by atoms with Crippen LogP contribution in [0.25, 0.3) is 0 Å². The Bertz CT molecular complexity index is 196. The Morgan fingerprint density at radius 1 is 1.69 bits per heavy atom. The first-order valence-electron chi connectivity index (χ1n) is 4.51. The van der Waals surface area contributed by atoms with Gasteiger partial charge in [0.05, 0.1) is 6.04 Å². The van der Waals surface area contributed by atoms with Gasteiger partial charge >= 0.3 is 0 Å². The second-order valence-corrected chi connectivity index (χ2v) is 3.66. The van der Waals surface area contributed by atoms with Crippen LogP contribution >= 0.6 is 11.8 Å². The van der Waals surface area contributed by atoms with Crippen LogP contribution in [0.5, 0.6) is 0 Å². The van der Waals surface area contributed by atoms with Gasteiger partial charge in [-0.2, -0.15) is 5.26 Å². The van der Waals surface area contributed by atoms with Crippen LogP contribution in [0.1, 0.15) is 33.1 Å². The van der Waals surface area contributed by atoms with Crippen LogP contribution in [-0.2, 0) is 0 Å². The Morgan fingerprint density at radius 3 is 2.85 bits per heavy atom. The van der Waals surface area contributed by atoms with Gasteiger partial charge in [-0.05, 0) is 19.6 Å². The summed E-state index contributed by atoms with van der Waals surface area (Å²) in [5.41, 5.74) is 0. The van der Waals surface area contributed by atoms with Crippen molar-refractivity contribution in [3.05, 3.63) is 0 Å². The van der Waals surface area contributed by atoms with E-state index in [0.717, 1.165) is 6.42 Å². The minimum Gasteiger partial charge on any atom is -0.272 e. The molecule has 0 spiro atoms. The Kier molecular flexibility index (Phi) is 7.51. The summed E-state index contributed by atoms with van der Waals surface area (Å²) < 4.78 is 0. The number of hydrogen-bond acceptors (Lipinski definition) is 3. The van der Waals surface area contributed by atoms with E-state index < -0.39 is 0 Å². The normalized spacial score (nSPS) is 13.5. The van der Waals surface area contributed by atoms with Crippen molar-refractivity contribution in [1.29, 1.82) is 5.26 Å². The van der Waals surface area contributed by atoms with Crippen molar-refractivity contribution in [2.24, 2.45) is 4.99 Å². The summed E-state index contributed by atoms with van der Waals surface area (Å²) in [5, 5.41) is 11.7. The van der Waals surface area contributed by atoms with Crippen molar-refractivity contribution in [1.82, 2.24) is 5.32 Å². The van der Waals surface area contributed by atoms with Crippen LogP contribution in [-0.4, -0.2) is 17.5 Å². The van der Waals surface area contributed by atoms with Crippen molar-refractivity contribution in [3.8, 4) is 6.19 Å². The number of nitrogens with one attached hydrogen (secondary N) is 1. The highest BCUT2D eigenvalue weighted by Crippen LogP contribution is 2.06. The molecule has 0 aromatic carbocycles. The number of nitrogens with zero attached hydrogens (tertiary/aromatic N) is 2. The molecule has 0 saturated heterocycles. The van der Waals surface area contributed by atoms with Crippen LogP contribution in [0.4, 0.5) is 0 Å². The van der Waals surface area contributed by atoms with Crippen molar-refractivity contribution in [2.75, 3.05) is 6.26 Å². The van der Waals surface area contributed by atoms with Crippen molar-refractivity contribution >= 4 is 16.9 Å². The van der Waals surface area contributed by atoms with E-state index >= 15 is 0 Å². The standard InChI is InChI=1S/C9H17N3S/c1-4-5-6-8(2)12-9(13-3)11-7-10/h8H,4-6H2,1-3H3,(H,11,12). The first-order chi connectivity index (χ1) is 6.24. The second kappa shape index (κ2) is 7.93. The summed E-state index contributed by atoms with van der Waals surface area (Å²) in [6, 6.07) is 0.309. The molecule has 0 amide bonds. The van der Waals surface area contributed by atoms with Crippen LogP contribution in [0.2, 0.25) is 0 Å². The molecule has 0 radical (unpaired) electrons. The van der Waals surface area contributed by atoms with Gasteiger partial charge in [0.2, 0.25) is 0 Å². The van der Waals surface area contributed by atoms with E-state index in [9.17, 15) is 0 Å². The molecule has 1 unspecified atom stereocenters. The average Bonchev–Trinajstić information content (AvgIpc) is 2.14. The van der Waals surface area contributed by atoms with Crippen LogP contribution < -0.4 is 5.32 Å². The predicted molar refractivity (Wildman–Crippen MR) is 58.7 cm³/mol. The number of aliphatic imine (C=N–C) groups is 1. The van der Waals surface area contributed by atoms with E-state index in [1.54, 1.807) is 0 Å². The van der Waals surface area contributed by atoms with E-state index in [-0.39, 0.29) is 0 Å². The monoisotopic (exact) mass is 199 g/mol. The lowest BCUT2D eigenvalue weighted by atomic mass is 10.1. The van der Waals surface area contributed by atoms with Gasteiger partial charge < -0.3 is 0 Å². The van der Waals surface area contributed by atoms with E-state index in [0.29, 0.717) is 11.2 Å². The molecule has 3 nitrogen and oxygen atoms in total. The zero-order valence-electron chi connectivity index (χ0n) is 8.50. The molecule has 0 heterocycles. The van der Waals surface area contributed by atoms with Crippen molar-refractivity contribution in [2.45, 2.75) is 39.2 Å². The molecule has 1 N–H and O–H groups in total. The van der Waals surface area contributed by atoms with Gasteiger partial charge in [-0.1, -0.05) is 31.5 Å². The molecule has 0 aliphatic carbocycles. The van der Waals surface area contributed by atoms with Crippen LogP contribution in [0.15, 0.2) is 4.99 Å². The SMILES string of the molecule is CCCCC(C)N=C(NC#N)SC. The van der Waals surface area contributed by atoms with Crippen molar-refractivity contribution in [3.63, 3.8) is 0 Å². The summed E-state index contributed by atoms with van der Waals surface area (Å²) in [4.78, 5) is 4.37. The maximum absolute atomic E-state index is 8.40. The predicted octanol–water partition coefficient (Wildman–Crippen LogP) is 2.35. The van der Waals surface area contributed by atoms with E-state index in [1.165, 1.54) is 24.6 Å². The molecule has 4 heteroatoms. The summed E-state index contributed by atoms with van der Waals surface area (Å²) in [7, 11) is 0. The maximum atomic E-state index is 8.40. The fourth-order valence-corrected chi connectivity index (χ4v) is 1.38. The fourth-order valence-electron chi connectivity index (χ4n) is 0.948. The zero-order chi connectivity index (χ0) is 10.1. The molecule has 0 aliphatic heterocycles. The van der Waals surface area contributed by atoms with Gasteiger partial charge in [0, 0.05) is 0 Å². The largest absolute Gasteiger partial charge is 0.272 e. The molecule has 0 bridgehead atoms. The molecule has 74 valence electrons. The maximum Gasteiger partial charge on any atom is 0.183 e. The molecule has 0 aromatic heterocycles. The highest BCUT2D eigenvalue weighted by molar-refractivity contribution is 8.13. The van der Waals surface area contributed by atoms with Gasteiger partial charge in [-0.15, -0.1) is 0 Å². The average molecular weight is 199 g/mol. The van der Waals surface area contributed by atoms with E-state index in [1.807, 2.05) is 12.4 Å². The van der Waals surface area contributed by atoms with Crippen LogP contribution in [0, 0.1) is 11.5 Å². The second-order valence-electron chi connectivity index (χ2n) is 2.87. The molecule has 1 atom stereocenters. The number of unbranched alkanes of at least 4 members (excludes halogenated alkanes) is 1. The molecular weight excluding hydrogens is 182 g/mol. The number of rotatable bonds is 4. The summed E-state index contributed by atoms with van der Waals surface area (Å²) in [6.07, 6.45) is 7.27. The topological polar surface area (TPSA) is 48.2 Å². The third-order valence-corrected chi connectivity index (χ3v) is 2.26. The van der Waals surface area contributed by atoms with Gasteiger partial charge in [-0.25, -0.2) is 0 Å². The first kappa shape index (κ1) is 12.3. The molecule has 0 saturated carbocycles. The molecular formula is C9H17N3S. The first-order valence-corrected chi connectivity index (χ1v) is 5.74. The molecule has 13 heavy (non-hydrogen) atoms. The lowest BCUT2D eigenvalue weighted by Crippen LogP contribution is -2.16. The van der Waals surface area contributed by atoms with Gasteiger partial charge in [0.1, 0.15) is 0 Å². The van der Waals surface area contributed by atoms with Gasteiger partial charge in [0.15, 0.2) is 11.4 Å². The molecule has 0 rings (SSSR count). The summed E-state index contributed by atoms with van der Waals surface area (Å²) in [6.45, 7) is 4.24. The zero-order valence-corrected chi connectivity index (χ0v) is 9.32. The summed E-state index contributed by atoms with van der Waals surface area (Å²) in [5.74, 6) is 0. The lowest BCUT2D eigenvalue weighted by molar-refractivity contribution is 0.618. The molecule has 0 aromatic rings. The minimum absolute atomic E-state index is 0.309. The molecule has 0 aliphatic rings. The molecule has 0 fully saturated rings. The highest BCUT2D eigenvalue weighted by Gasteiger charge is 2.01. The highest BCUT2D eigenvalue weighted by atomic mass is 32.2. The van der Waals surface area contributed by atoms with Gasteiger partial charge in [0.25, 0.3) is 0 Å². The lowest BCUT2D eigenvalue weighted by Gasteiger charge is -2.06. The van der Waals surface area contributed by atoms with Crippen LogP contribution in [0.3, 0.4) is 0 Å².